The van der Waals surface area contributed by atoms with Crippen LogP contribution in [0.2, 0.25) is 0 Å². The summed E-state index contributed by atoms with van der Waals surface area (Å²) in [6, 6.07) is 6.84. The van der Waals surface area contributed by atoms with Crippen molar-refractivity contribution in [3.05, 3.63) is 40.2 Å². The Morgan fingerprint density at radius 3 is 2.30 bits per heavy atom. The molecular weight excluding hydrogens is 384 g/mol. The van der Waals surface area contributed by atoms with Crippen LogP contribution in [0.25, 0.3) is 11.0 Å². The Bertz CT molecular complexity index is 1120. The molecule has 5 aliphatic heterocycles. The molecule has 8 heteroatoms. The molecule has 8 nitrogen and oxygen atoms in total. The zero-order chi connectivity index (χ0) is 20.7. The third-order valence-electron chi connectivity index (χ3n) is 7.07. The van der Waals surface area contributed by atoms with Crippen molar-refractivity contribution in [2.75, 3.05) is 39.6 Å². The van der Waals surface area contributed by atoms with E-state index in [1.807, 2.05) is 18.3 Å². The number of nitrogens with one attached hydrogen (secondary N) is 3. The first-order chi connectivity index (χ1) is 14.3. The molecule has 0 unspecified atom stereocenters. The molecule has 7 rings (SSSR count). The standard InChI is InChI=1S/C22H24N4O4/c1-21(2)20(28)15(7-23-22-8-24-11-25(9-22)13-26(10-22)12-24)18-16(30-21)5-3-14-4-6-17(27)29-19(14)18/h3-7,15H,8-13H2,1-2H3/p+3/t15-/m0/s1. The molecule has 4 fully saturated rings. The number of rotatable bonds is 2. The van der Waals surface area contributed by atoms with Crippen molar-refractivity contribution in [1.29, 1.82) is 0 Å². The van der Waals surface area contributed by atoms with Crippen molar-refractivity contribution in [2.24, 2.45) is 4.99 Å². The minimum atomic E-state index is -0.966. The zero-order valence-corrected chi connectivity index (χ0v) is 17.3. The lowest BCUT2D eigenvalue weighted by Gasteiger charge is -2.50. The molecule has 0 spiro atoms. The van der Waals surface area contributed by atoms with E-state index < -0.39 is 17.1 Å². The maximum Gasteiger partial charge on any atom is 0.336 e. The first-order valence-electron chi connectivity index (χ1n) is 10.7. The van der Waals surface area contributed by atoms with Crippen LogP contribution in [-0.2, 0) is 4.79 Å². The first-order valence-corrected chi connectivity index (χ1v) is 10.7. The number of ketones is 1. The molecule has 0 radical (unpaired) electrons. The van der Waals surface area contributed by atoms with Gasteiger partial charge in [-0.15, -0.1) is 0 Å². The number of benzene rings is 1. The van der Waals surface area contributed by atoms with Gasteiger partial charge in [0.1, 0.15) is 31.0 Å². The van der Waals surface area contributed by atoms with Gasteiger partial charge in [0.05, 0.1) is 11.5 Å². The van der Waals surface area contributed by atoms with Gasteiger partial charge in [0.25, 0.3) is 0 Å². The highest BCUT2D eigenvalue weighted by atomic mass is 16.5. The lowest BCUT2D eigenvalue weighted by molar-refractivity contribution is -1.29. The number of Topliss-reactive ketones (excluding diaryl/α,β-unsaturated/α-hetero) is 1. The van der Waals surface area contributed by atoms with Crippen LogP contribution in [0, 0.1) is 0 Å². The van der Waals surface area contributed by atoms with E-state index in [2.05, 4.69) is 0 Å². The predicted molar refractivity (Wildman–Crippen MR) is 108 cm³/mol. The monoisotopic (exact) mass is 411 g/mol. The summed E-state index contributed by atoms with van der Waals surface area (Å²) in [7, 11) is 0. The summed E-state index contributed by atoms with van der Waals surface area (Å²) >= 11 is 0. The van der Waals surface area contributed by atoms with Gasteiger partial charge in [-0.2, -0.15) is 0 Å². The number of carbonyl (C=O) groups excluding carboxylic acids is 1. The van der Waals surface area contributed by atoms with E-state index >= 15 is 0 Å². The summed E-state index contributed by atoms with van der Waals surface area (Å²) in [6.07, 6.45) is 1.83. The van der Waals surface area contributed by atoms with Crippen LogP contribution >= 0.6 is 0 Å². The summed E-state index contributed by atoms with van der Waals surface area (Å²) in [6.45, 7) is 10.2. The largest absolute Gasteiger partial charge is 0.480 e. The topological polar surface area (TPSA) is 82.2 Å². The molecule has 0 amide bonds. The van der Waals surface area contributed by atoms with Gasteiger partial charge >= 0.3 is 5.63 Å². The minimum absolute atomic E-state index is 0.0598. The summed E-state index contributed by atoms with van der Waals surface area (Å²) in [4.78, 5) is 35.2. The number of hydrogen-bond donors (Lipinski definition) is 3. The zero-order valence-electron chi connectivity index (χ0n) is 17.3. The van der Waals surface area contributed by atoms with Gasteiger partial charge < -0.3 is 9.15 Å². The SMILES string of the molecule is CC1(C)Oc2ccc3ccc(=O)oc3c2[C@H](C=NC23C[NH+]4C[NH+](C[NH+](C4)C2)C3)C1=O. The van der Waals surface area contributed by atoms with Gasteiger partial charge in [0.15, 0.2) is 11.4 Å². The number of nitrogens with zero attached hydrogens (tertiary/aromatic N) is 1. The maximum absolute atomic E-state index is 13.4. The van der Waals surface area contributed by atoms with E-state index in [0.29, 0.717) is 16.9 Å². The van der Waals surface area contributed by atoms with Gasteiger partial charge in [-0.25, -0.2) is 19.5 Å². The van der Waals surface area contributed by atoms with Crippen LogP contribution < -0.4 is 25.1 Å². The van der Waals surface area contributed by atoms with E-state index in [0.717, 1.165) is 25.0 Å². The van der Waals surface area contributed by atoms with Crippen molar-refractivity contribution in [2.45, 2.75) is 30.9 Å². The fourth-order valence-corrected chi connectivity index (χ4v) is 6.07. The van der Waals surface area contributed by atoms with Crippen LogP contribution in [0.1, 0.15) is 25.3 Å². The molecule has 6 heterocycles. The van der Waals surface area contributed by atoms with Gasteiger partial charge in [0.2, 0.25) is 25.5 Å². The van der Waals surface area contributed by atoms with Gasteiger partial charge in [-0.05, 0) is 32.0 Å². The first kappa shape index (κ1) is 18.2. The lowest BCUT2D eigenvalue weighted by atomic mass is 9.82. The Balaban J connectivity index is 1.47. The number of ether oxygens (including phenoxy) is 1. The highest BCUT2D eigenvalue weighted by Gasteiger charge is 2.57. The van der Waals surface area contributed by atoms with Crippen LogP contribution in [0.15, 0.2) is 38.5 Å². The quantitative estimate of drug-likeness (QED) is 0.363. The second-order valence-corrected chi connectivity index (χ2v) is 9.92. The van der Waals surface area contributed by atoms with Crippen molar-refractivity contribution >= 4 is 23.0 Å². The third-order valence-corrected chi connectivity index (χ3v) is 7.07. The van der Waals surface area contributed by atoms with Crippen LogP contribution in [-0.4, -0.2) is 62.8 Å². The van der Waals surface area contributed by atoms with Gasteiger partial charge in [-0.3, -0.25) is 9.79 Å². The maximum atomic E-state index is 13.4. The number of hydrogen-bond acceptors (Lipinski definition) is 5. The van der Waals surface area contributed by atoms with Gasteiger partial charge in [-0.1, -0.05) is 0 Å². The van der Waals surface area contributed by atoms with Gasteiger partial charge in [0, 0.05) is 17.7 Å². The smallest absolute Gasteiger partial charge is 0.336 e. The number of carbonyl (C=O) groups is 1. The van der Waals surface area contributed by atoms with E-state index in [1.54, 1.807) is 34.6 Å². The van der Waals surface area contributed by atoms with Crippen LogP contribution in [0.3, 0.4) is 0 Å². The average molecular weight is 411 g/mol. The molecule has 156 valence electrons. The molecule has 1 aromatic heterocycles. The Hall–Kier alpha value is -2.55. The summed E-state index contributed by atoms with van der Waals surface area (Å²) in [5.74, 6) is -0.0667. The molecule has 0 saturated carbocycles. The summed E-state index contributed by atoms with van der Waals surface area (Å²) in [5, 5.41) is 0.777. The molecule has 2 aromatic rings. The highest BCUT2D eigenvalue weighted by molar-refractivity contribution is 6.09. The Morgan fingerprint density at radius 1 is 1.00 bits per heavy atom. The second-order valence-electron chi connectivity index (χ2n) is 9.92. The molecule has 5 aliphatic rings. The molecule has 1 aromatic carbocycles. The molecule has 4 saturated heterocycles. The van der Waals surface area contributed by atoms with E-state index in [-0.39, 0.29) is 11.3 Å². The minimum Gasteiger partial charge on any atom is -0.480 e. The van der Waals surface area contributed by atoms with Crippen molar-refractivity contribution in [3.8, 4) is 5.75 Å². The molecule has 30 heavy (non-hydrogen) atoms. The van der Waals surface area contributed by atoms with Crippen molar-refractivity contribution < 1.29 is 28.6 Å². The predicted octanol–water partition coefficient (Wildman–Crippen LogP) is -3.01. The summed E-state index contributed by atoms with van der Waals surface area (Å²) < 4.78 is 11.6. The molecule has 1 atom stereocenters. The highest BCUT2D eigenvalue weighted by Crippen LogP contribution is 2.41. The number of aliphatic imine (C=N–C) groups is 1. The van der Waals surface area contributed by atoms with E-state index in [9.17, 15) is 9.59 Å². The Labute approximate surface area is 173 Å². The number of fused-ring (bicyclic) bond motifs is 3. The second kappa shape index (κ2) is 6.00. The molecular formula is C22H27N4O4+3. The van der Waals surface area contributed by atoms with Crippen LogP contribution in [0.5, 0.6) is 5.75 Å². The fourth-order valence-electron chi connectivity index (χ4n) is 6.07. The Kier molecular flexibility index (Phi) is 3.65. The van der Waals surface area contributed by atoms with E-state index in [4.69, 9.17) is 14.1 Å². The fraction of sp³-hybridized carbons (Fsp3) is 0.500. The molecule has 3 N–H and O–H groups in total. The normalized spacial score (nSPS) is 36.3. The van der Waals surface area contributed by atoms with Crippen LogP contribution in [0.4, 0.5) is 0 Å². The lowest BCUT2D eigenvalue weighted by Crippen LogP contribution is -3.56. The van der Waals surface area contributed by atoms with E-state index in [1.165, 1.54) is 26.1 Å². The Morgan fingerprint density at radius 2 is 1.63 bits per heavy atom. The molecule has 4 bridgehead atoms. The number of quaternary nitrogens is 3. The third kappa shape index (κ3) is 2.67. The van der Waals surface area contributed by atoms with Crippen molar-refractivity contribution in [1.82, 2.24) is 0 Å². The molecule has 0 aliphatic carbocycles. The van der Waals surface area contributed by atoms with Crippen molar-refractivity contribution in [3.63, 3.8) is 0 Å². The average Bonchev–Trinajstić information content (AvgIpc) is 2.67. The summed E-state index contributed by atoms with van der Waals surface area (Å²) in [5.41, 5.74) is -0.482.